The van der Waals surface area contributed by atoms with E-state index in [1.165, 1.54) is 19.3 Å². The van der Waals surface area contributed by atoms with Crippen LogP contribution in [-0.2, 0) is 0 Å². The first-order valence-corrected chi connectivity index (χ1v) is 8.60. The highest BCUT2D eigenvalue weighted by molar-refractivity contribution is 9.10. The molecule has 1 saturated carbocycles. The van der Waals surface area contributed by atoms with Crippen LogP contribution in [0.1, 0.15) is 51.0 Å². The second-order valence-corrected chi connectivity index (χ2v) is 6.84. The molecule has 0 bridgehead atoms. The molecule has 1 aliphatic carbocycles. The summed E-state index contributed by atoms with van der Waals surface area (Å²) < 4.78 is 15.2. The van der Waals surface area contributed by atoms with Gasteiger partial charge < -0.3 is 5.32 Å². The van der Waals surface area contributed by atoms with Gasteiger partial charge in [0.15, 0.2) is 0 Å². The smallest absolute Gasteiger partial charge is 0.126 e. The summed E-state index contributed by atoms with van der Waals surface area (Å²) >= 11 is 3.49. The maximum atomic E-state index is 14.2. The summed E-state index contributed by atoms with van der Waals surface area (Å²) in [6.07, 6.45) is 4.83. The van der Waals surface area contributed by atoms with Crippen molar-refractivity contribution in [1.82, 2.24) is 5.32 Å². The zero-order chi connectivity index (χ0) is 14.5. The predicted molar refractivity (Wildman–Crippen MR) is 86.5 cm³/mol. The van der Waals surface area contributed by atoms with E-state index in [0.717, 1.165) is 35.5 Å². The summed E-state index contributed by atoms with van der Waals surface area (Å²) in [5.74, 6) is 1.61. The molecule has 20 heavy (non-hydrogen) atoms. The minimum Gasteiger partial charge on any atom is -0.317 e. The Morgan fingerprint density at radius 2 is 2.10 bits per heavy atom. The lowest BCUT2D eigenvalue weighted by Crippen LogP contribution is -2.32. The highest BCUT2D eigenvalue weighted by atomic mass is 79.9. The van der Waals surface area contributed by atoms with Gasteiger partial charge in [-0.15, -0.1) is 0 Å². The van der Waals surface area contributed by atoms with Gasteiger partial charge in [0.2, 0.25) is 0 Å². The molecule has 3 unspecified atom stereocenters. The number of benzene rings is 1. The van der Waals surface area contributed by atoms with Crippen molar-refractivity contribution in [1.29, 1.82) is 0 Å². The van der Waals surface area contributed by atoms with Gasteiger partial charge in [-0.3, -0.25) is 0 Å². The number of halogens is 2. The maximum Gasteiger partial charge on any atom is 0.126 e. The van der Waals surface area contributed by atoms with Gasteiger partial charge in [-0.1, -0.05) is 42.6 Å². The first kappa shape index (κ1) is 16.0. The summed E-state index contributed by atoms with van der Waals surface area (Å²) in [6.45, 7) is 6.38. The number of nitrogens with one attached hydrogen (secondary N) is 1. The Hall–Kier alpha value is -0.410. The van der Waals surface area contributed by atoms with Crippen LogP contribution < -0.4 is 5.32 Å². The van der Waals surface area contributed by atoms with Gasteiger partial charge in [0.25, 0.3) is 0 Å². The molecule has 0 aromatic heterocycles. The summed E-state index contributed by atoms with van der Waals surface area (Å²) in [6, 6.07) is 5.37. The third kappa shape index (κ3) is 3.82. The van der Waals surface area contributed by atoms with Crippen LogP contribution in [0.4, 0.5) is 4.39 Å². The van der Waals surface area contributed by atoms with Gasteiger partial charge in [0.05, 0.1) is 0 Å². The molecule has 1 aliphatic rings. The highest BCUT2D eigenvalue weighted by Crippen LogP contribution is 2.42. The molecule has 3 heteroatoms. The molecule has 1 nitrogen and oxygen atoms in total. The van der Waals surface area contributed by atoms with E-state index in [0.29, 0.717) is 11.8 Å². The predicted octanol–water partition coefficient (Wildman–Crippen LogP) is 5.11. The molecule has 1 N–H and O–H groups in total. The Balaban J connectivity index is 2.23. The van der Waals surface area contributed by atoms with Crippen molar-refractivity contribution in [2.45, 2.75) is 45.4 Å². The Bertz CT molecular complexity index is 435. The van der Waals surface area contributed by atoms with Gasteiger partial charge in [-0.05, 0) is 67.4 Å². The second kappa shape index (κ2) is 7.56. The third-order valence-electron chi connectivity index (χ3n) is 4.69. The Morgan fingerprint density at radius 3 is 2.80 bits per heavy atom. The summed E-state index contributed by atoms with van der Waals surface area (Å²) in [7, 11) is 0. The van der Waals surface area contributed by atoms with E-state index in [2.05, 4.69) is 35.1 Å². The maximum absolute atomic E-state index is 14.2. The largest absolute Gasteiger partial charge is 0.317 e. The number of rotatable bonds is 5. The normalized spacial score (nSPS) is 26.7. The van der Waals surface area contributed by atoms with Crippen molar-refractivity contribution in [3.63, 3.8) is 0 Å². The first-order valence-electron chi connectivity index (χ1n) is 7.81. The lowest BCUT2D eigenvalue weighted by molar-refractivity contribution is 0.223. The van der Waals surface area contributed by atoms with Crippen molar-refractivity contribution in [2.24, 2.45) is 11.8 Å². The fourth-order valence-corrected chi connectivity index (χ4v) is 3.82. The van der Waals surface area contributed by atoms with Gasteiger partial charge in [-0.2, -0.15) is 0 Å². The molecule has 3 atom stereocenters. The minimum atomic E-state index is -0.0450. The van der Waals surface area contributed by atoms with Crippen molar-refractivity contribution in [3.05, 3.63) is 34.1 Å². The standard InChI is InChI=1S/C17H25BrFN/c1-3-12-5-6-13(11-20-4-2)15(9-12)16-10-14(18)7-8-17(16)19/h7-8,10,12-13,15,20H,3-6,9,11H2,1-2H3. The molecule has 1 fully saturated rings. The summed E-state index contributed by atoms with van der Waals surface area (Å²) in [5.41, 5.74) is 0.903. The number of hydrogen-bond acceptors (Lipinski definition) is 1. The SMILES string of the molecule is CCNCC1CCC(CC)CC1c1cc(Br)ccc1F. The Labute approximate surface area is 130 Å². The second-order valence-electron chi connectivity index (χ2n) is 5.93. The molecule has 0 aliphatic heterocycles. The monoisotopic (exact) mass is 341 g/mol. The Morgan fingerprint density at radius 1 is 1.30 bits per heavy atom. The van der Waals surface area contributed by atoms with Crippen molar-refractivity contribution < 1.29 is 4.39 Å². The van der Waals surface area contributed by atoms with E-state index in [-0.39, 0.29) is 5.82 Å². The van der Waals surface area contributed by atoms with Crippen LogP contribution in [0.3, 0.4) is 0 Å². The molecular weight excluding hydrogens is 317 g/mol. The zero-order valence-corrected chi connectivity index (χ0v) is 14.0. The van der Waals surface area contributed by atoms with Gasteiger partial charge in [-0.25, -0.2) is 4.39 Å². The van der Waals surface area contributed by atoms with E-state index in [9.17, 15) is 4.39 Å². The molecule has 1 aromatic carbocycles. The molecular formula is C17H25BrFN. The fourth-order valence-electron chi connectivity index (χ4n) is 3.44. The van der Waals surface area contributed by atoms with Crippen molar-refractivity contribution >= 4 is 15.9 Å². The van der Waals surface area contributed by atoms with Crippen molar-refractivity contribution in [2.75, 3.05) is 13.1 Å². The van der Waals surface area contributed by atoms with Crippen molar-refractivity contribution in [3.8, 4) is 0 Å². The third-order valence-corrected chi connectivity index (χ3v) is 5.19. The summed E-state index contributed by atoms with van der Waals surface area (Å²) in [5, 5.41) is 3.45. The van der Waals surface area contributed by atoms with Crippen LogP contribution in [0, 0.1) is 17.7 Å². The van der Waals surface area contributed by atoms with Gasteiger partial charge in [0, 0.05) is 4.47 Å². The average molecular weight is 342 g/mol. The number of hydrogen-bond donors (Lipinski definition) is 1. The van der Waals surface area contributed by atoms with E-state index in [1.807, 2.05) is 6.07 Å². The molecule has 0 heterocycles. The average Bonchev–Trinajstić information content (AvgIpc) is 2.47. The van der Waals surface area contributed by atoms with Crippen LogP contribution in [-0.4, -0.2) is 13.1 Å². The molecule has 0 spiro atoms. The van der Waals surface area contributed by atoms with Crippen LogP contribution in [0.2, 0.25) is 0 Å². The quantitative estimate of drug-likeness (QED) is 0.784. The van der Waals surface area contributed by atoms with Crippen LogP contribution in [0.15, 0.2) is 22.7 Å². The fraction of sp³-hybridized carbons (Fsp3) is 0.647. The highest BCUT2D eigenvalue weighted by Gasteiger charge is 2.32. The molecule has 112 valence electrons. The first-order chi connectivity index (χ1) is 9.65. The van der Waals surface area contributed by atoms with Gasteiger partial charge in [0.1, 0.15) is 5.82 Å². The van der Waals surface area contributed by atoms with E-state index >= 15 is 0 Å². The Kier molecular flexibility index (Phi) is 6.03. The molecule has 0 saturated heterocycles. The van der Waals surface area contributed by atoms with Crippen LogP contribution in [0.25, 0.3) is 0 Å². The van der Waals surface area contributed by atoms with Crippen LogP contribution in [0.5, 0.6) is 0 Å². The molecule has 0 radical (unpaired) electrons. The topological polar surface area (TPSA) is 12.0 Å². The van der Waals surface area contributed by atoms with Gasteiger partial charge >= 0.3 is 0 Å². The van der Waals surface area contributed by atoms with Crippen LogP contribution >= 0.6 is 15.9 Å². The summed E-state index contributed by atoms with van der Waals surface area (Å²) in [4.78, 5) is 0. The molecule has 0 amide bonds. The lowest BCUT2D eigenvalue weighted by Gasteiger charge is -2.36. The van der Waals surface area contributed by atoms with E-state index in [4.69, 9.17) is 0 Å². The van der Waals surface area contributed by atoms with E-state index < -0.39 is 0 Å². The lowest BCUT2D eigenvalue weighted by atomic mass is 9.70. The minimum absolute atomic E-state index is 0.0450. The zero-order valence-electron chi connectivity index (χ0n) is 12.5. The molecule has 2 rings (SSSR count). The van der Waals surface area contributed by atoms with E-state index in [1.54, 1.807) is 12.1 Å². The molecule has 1 aromatic rings.